The van der Waals surface area contributed by atoms with Gasteiger partial charge in [0.05, 0.1) is 29.9 Å². The van der Waals surface area contributed by atoms with Crippen LogP contribution in [0.15, 0.2) is 23.1 Å². The molecule has 0 bridgehead atoms. The molecule has 0 saturated heterocycles. The van der Waals surface area contributed by atoms with Crippen molar-refractivity contribution in [2.45, 2.75) is 43.2 Å². The molecule has 39 heavy (non-hydrogen) atoms. The first-order valence-electron chi connectivity index (χ1n) is 12.1. The van der Waals surface area contributed by atoms with E-state index in [0.29, 0.717) is 66.8 Å². The maximum absolute atomic E-state index is 13.4. The number of sulfonamides is 1. The van der Waals surface area contributed by atoms with Gasteiger partial charge in [-0.2, -0.15) is 5.10 Å². The van der Waals surface area contributed by atoms with Gasteiger partial charge in [-0.1, -0.05) is 17.4 Å². The van der Waals surface area contributed by atoms with Gasteiger partial charge in [-0.3, -0.25) is 14.1 Å². The fourth-order valence-corrected chi connectivity index (χ4v) is 8.18. The molecule has 1 fully saturated rings. The first-order chi connectivity index (χ1) is 18.4. The van der Waals surface area contributed by atoms with Gasteiger partial charge in [-0.25, -0.2) is 28.4 Å². The maximum Gasteiger partial charge on any atom is 0.299 e. The van der Waals surface area contributed by atoms with Crippen molar-refractivity contribution >= 4 is 45.4 Å². The van der Waals surface area contributed by atoms with Crippen LogP contribution in [0.5, 0.6) is 0 Å². The molecule has 3 aromatic rings. The maximum atomic E-state index is 13.4. The normalized spacial score (nSPS) is 19.2. The van der Waals surface area contributed by atoms with Crippen molar-refractivity contribution in [3.63, 3.8) is 0 Å². The van der Waals surface area contributed by atoms with E-state index in [0.717, 1.165) is 5.57 Å². The summed E-state index contributed by atoms with van der Waals surface area (Å²) in [5.41, 5.74) is 1.07. The molecule has 1 atom stereocenters. The first kappa shape index (κ1) is 27.9. The molecule has 11 nitrogen and oxygen atoms in total. The minimum absolute atomic E-state index is 0.0772. The van der Waals surface area contributed by atoms with Gasteiger partial charge in [-0.05, 0) is 31.1 Å². The molecule has 1 N–H and O–H groups in total. The third-order valence-electron chi connectivity index (χ3n) is 6.73. The number of rotatable bonds is 9. The lowest BCUT2D eigenvalue weighted by atomic mass is 9.97. The number of aryl methyl sites for hydroxylation is 1. The summed E-state index contributed by atoms with van der Waals surface area (Å²) < 4.78 is 77.6. The second-order valence-electron chi connectivity index (χ2n) is 9.45. The summed E-state index contributed by atoms with van der Waals surface area (Å²) in [6.07, 6.45) is 0.375. The second-order valence-corrected chi connectivity index (χ2v) is 14.6. The molecule has 1 aromatic carbocycles. The smallest absolute Gasteiger partial charge is 0.299 e. The largest absolute Gasteiger partial charge is 0.318 e. The molecule has 16 heteroatoms. The Morgan fingerprint density at radius 1 is 1.33 bits per heavy atom. The standard InChI is InChI=1S/C23H26F2N7O4PS2/c1-5-36-37(4,33)32-10-6-14(7-11-32)16-12-15(39(34,35)30-23(26-2)8-9-23)13-17-18(29-31(3)19(16)17)21-27-28-22(38-21)20(24)25/h6,12-13,20,30H,5,7-11H2,1,3-4H3. The highest BCUT2D eigenvalue weighted by Gasteiger charge is 2.54. The monoisotopic (exact) mass is 597 g/mol. The lowest BCUT2D eigenvalue weighted by Gasteiger charge is -2.31. The van der Waals surface area contributed by atoms with E-state index in [-0.39, 0.29) is 15.6 Å². The van der Waals surface area contributed by atoms with Crippen molar-refractivity contribution in [1.29, 1.82) is 0 Å². The zero-order chi connectivity index (χ0) is 28.2. The van der Waals surface area contributed by atoms with E-state index in [4.69, 9.17) is 11.1 Å². The van der Waals surface area contributed by atoms with Crippen LogP contribution < -0.4 is 4.72 Å². The van der Waals surface area contributed by atoms with Crippen molar-refractivity contribution < 1.29 is 26.3 Å². The van der Waals surface area contributed by atoms with E-state index < -0.39 is 34.6 Å². The molecule has 208 valence electrons. The van der Waals surface area contributed by atoms with Gasteiger partial charge >= 0.3 is 0 Å². The van der Waals surface area contributed by atoms with Crippen molar-refractivity contribution in [3.05, 3.63) is 40.2 Å². The number of alkyl halides is 2. The Bertz CT molecular complexity index is 1670. The molecular weight excluding hydrogens is 571 g/mol. The molecule has 5 rings (SSSR count). The lowest BCUT2D eigenvalue weighted by Crippen LogP contribution is -2.34. The van der Waals surface area contributed by atoms with Gasteiger partial charge in [-0.15, -0.1) is 14.9 Å². The summed E-state index contributed by atoms with van der Waals surface area (Å²) >= 11 is 0.689. The van der Waals surface area contributed by atoms with Crippen LogP contribution in [0.25, 0.3) is 32.0 Å². The number of nitrogens with zero attached hydrogens (tertiary/aromatic N) is 6. The summed E-state index contributed by atoms with van der Waals surface area (Å²) in [7, 11) is -5.41. The van der Waals surface area contributed by atoms with Crippen molar-refractivity contribution in [2.24, 2.45) is 7.05 Å². The van der Waals surface area contributed by atoms with Crippen molar-refractivity contribution in [3.8, 4) is 10.7 Å². The molecule has 1 saturated carbocycles. The van der Waals surface area contributed by atoms with Crippen LogP contribution in [-0.2, 0) is 26.2 Å². The molecule has 1 aliphatic heterocycles. The molecule has 3 heterocycles. The third-order valence-corrected chi connectivity index (χ3v) is 11.3. The van der Waals surface area contributed by atoms with Crippen molar-refractivity contribution in [2.75, 3.05) is 26.4 Å². The third kappa shape index (κ3) is 5.29. The average Bonchev–Trinajstić information content (AvgIpc) is 3.32. The minimum atomic E-state index is -4.12. The number of fused-ring (bicyclic) bond motifs is 1. The highest BCUT2D eigenvalue weighted by Crippen LogP contribution is 2.49. The van der Waals surface area contributed by atoms with E-state index >= 15 is 0 Å². The van der Waals surface area contributed by atoms with E-state index in [9.17, 15) is 21.8 Å². The summed E-state index contributed by atoms with van der Waals surface area (Å²) in [5, 5.41) is 12.0. The Morgan fingerprint density at radius 2 is 2.08 bits per heavy atom. The van der Waals surface area contributed by atoms with Crippen LogP contribution in [0.3, 0.4) is 0 Å². The van der Waals surface area contributed by atoms with E-state index in [1.54, 1.807) is 30.0 Å². The predicted molar refractivity (Wildman–Crippen MR) is 143 cm³/mol. The zero-order valence-corrected chi connectivity index (χ0v) is 23.9. The molecule has 0 amide bonds. The molecular formula is C23H26F2N7O4PS2. The Kier molecular flexibility index (Phi) is 7.24. The van der Waals surface area contributed by atoms with Crippen LogP contribution in [0.2, 0.25) is 0 Å². The number of halogens is 2. The molecule has 0 radical (unpaired) electrons. The Balaban J connectivity index is 1.66. The number of hydrogen-bond acceptors (Lipinski definition) is 8. The van der Waals surface area contributed by atoms with Gasteiger partial charge in [0.2, 0.25) is 10.0 Å². The summed E-state index contributed by atoms with van der Waals surface area (Å²) in [4.78, 5) is 3.37. The van der Waals surface area contributed by atoms with E-state index in [2.05, 4.69) is 24.9 Å². The fraction of sp³-hybridized carbons (Fsp3) is 0.478. The SMILES string of the molecule is [C-]#[N+]C1(NS(=O)(=O)c2cc(C3=CCN(P(C)(=O)OCC)CC3)c3c(c2)c(-c2nnc(C(F)F)s2)nn3C)CC1. The zero-order valence-electron chi connectivity index (χ0n) is 21.4. The Morgan fingerprint density at radius 3 is 2.64 bits per heavy atom. The lowest BCUT2D eigenvalue weighted by molar-refractivity contribution is 0.150. The number of hydrogen-bond donors (Lipinski definition) is 1. The topological polar surface area (TPSA) is 124 Å². The van der Waals surface area contributed by atoms with E-state index in [1.807, 2.05) is 6.08 Å². The first-order valence-corrected chi connectivity index (χ1v) is 16.4. The van der Waals surface area contributed by atoms with Crippen LogP contribution in [0.1, 0.15) is 43.2 Å². The Hall–Kier alpha value is -2.60. The molecule has 2 aliphatic rings. The molecule has 1 unspecified atom stereocenters. The average molecular weight is 598 g/mol. The van der Waals surface area contributed by atoms with Crippen LogP contribution in [0, 0.1) is 6.57 Å². The summed E-state index contributed by atoms with van der Waals surface area (Å²) in [6, 6.07) is 2.97. The van der Waals surface area contributed by atoms with Crippen LogP contribution in [0.4, 0.5) is 8.78 Å². The van der Waals surface area contributed by atoms with E-state index in [1.165, 1.54) is 12.1 Å². The molecule has 2 aromatic heterocycles. The van der Waals surface area contributed by atoms with Crippen LogP contribution in [-0.4, -0.2) is 65.1 Å². The van der Waals surface area contributed by atoms with Crippen LogP contribution >= 0.6 is 18.9 Å². The fourth-order valence-electron chi connectivity index (χ4n) is 4.59. The van der Waals surface area contributed by atoms with Gasteiger partial charge in [0.25, 0.3) is 19.6 Å². The van der Waals surface area contributed by atoms with Gasteiger partial charge in [0, 0.05) is 37.8 Å². The molecule has 0 spiro atoms. The van der Waals surface area contributed by atoms with Crippen molar-refractivity contribution in [1.82, 2.24) is 29.4 Å². The van der Waals surface area contributed by atoms with Gasteiger partial charge < -0.3 is 4.52 Å². The van der Waals surface area contributed by atoms with Gasteiger partial charge in [0.15, 0.2) is 10.0 Å². The highest BCUT2D eigenvalue weighted by molar-refractivity contribution is 7.89. The number of benzene rings is 1. The Labute approximate surface area is 228 Å². The quantitative estimate of drug-likeness (QED) is 0.279. The van der Waals surface area contributed by atoms with Gasteiger partial charge in [0.1, 0.15) is 5.69 Å². The highest BCUT2D eigenvalue weighted by atomic mass is 32.2. The summed E-state index contributed by atoms with van der Waals surface area (Å²) in [5.74, 6) is 0. The number of nitrogens with one attached hydrogen (secondary N) is 1. The second kappa shape index (κ2) is 10.1. The number of aromatic nitrogens is 4. The molecule has 1 aliphatic carbocycles. The summed E-state index contributed by atoms with van der Waals surface area (Å²) in [6.45, 7) is 11.8. The minimum Gasteiger partial charge on any atom is -0.318 e. The predicted octanol–water partition coefficient (Wildman–Crippen LogP) is 4.67.